The molecule has 0 aromatic carbocycles. The zero-order valence-electron chi connectivity index (χ0n) is 17.1. The zero-order chi connectivity index (χ0) is 23.5. The van der Waals surface area contributed by atoms with Gasteiger partial charge in [0.1, 0.15) is 24.0 Å². The molecular weight excluding hydrogens is 476 g/mol. The summed E-state index contributed by atoms with van der Waals surface area (Å²) in [5.41, 5.74) is 6.75. The van der Waals surface area contributed by atoms with E-state index in [0.717, 1.165) is 5.70 Å². The van der Waals surface area contributed by atoms with E-state index < -0.39 is 45.4 Å². The third kappa shape index (κ3) is 7.32. The summed E-state index contributed by atoms with van der Waals surface area (Å²) >= 11 is 0. The van der Waals surface area contributed by atoms with Gasteiger partial charge in [0, 0.05) is 24.9 Å². The molecule has 1 fully saturated rings. The monoisotopic (exact) mass is 500 g/mol. The van der Waals surface area contributed by atoms with Crippen LogP contribution >= 0.6 is 0 Å². The molecule has 0 aliphatic carbocycles. The summed E-state index contributed by atoms with van der Waals surface area (Å²) in [6.45, 7) is 4.08. The lowest BCUT2D eigenvalue weighted by molar-refractivity contribution is -0.249. The van der Waals surface area contributed by atoms with Crippen molar-refractivity contribution in [1.82, 2.24) is 31.0 Å². The van der Waals surface area contributed by atoms with Crippen molar-refractivity contribution in [1.29, 1.82) is 0 Å². The van der Waals surface area contributed by atoms with E-state index in [-0.39, 0.29) is 19.6 Å². The van der Waals surface area contributed by atoms with Gasteiger partial charge in [-0.3, -0.25) is 18.8 Å². The van der Waals surface area contributed by atoms with E-state index in [0.29, 0.717) is 12.2 Å². The molecule has 1 saturated heterocycles. The number of hydrogen-bond donors (Lipinski definition) is 4. The molecule has 3 rings (SSSR count). The quantitative estimate of drug-likeness (QED) is 0.270. The van der Waals surface area contributed by atoms with Crippen molar-refractivity contribution in [2.24, 2.45) is 0 Å². The fourth-order valence-electron chi connectivity index (χ4n) is 3.15. The maximum atomic E-state index is 11.4. The Morgan fingerprint density at radius 3 is 2.53 bits per heavy atom. The predicted octanol–water partition coefficient (Wildman–Crippen LogP) is -1.51. The number of rotatable bonds is 10. The second-order valence-electron chi connectivity index (χ2n) is 6.97. The SMILES string of the molecule is CCn1cc(CO[C@@H]2C[C@@H](OS(=O)(=O)O)[C@H](OS(=O)(=O)O)[C@@H](CN3C=C(C)NN3)O2)nn1. The summed E-state index contributed by atoms with van der Waals surface area (Å²) in [5.74, 6) is 0. The van der Waals surface area contributed by atoms with Crippen LogP contribution in [-0.2, 0) is 51.8 Å². The van der Waals surface area contributed by atoms with Crippen molar-refractivity contribution in [3.05, 3.63) is 23.8 Å². The average molecular weight is 501 g/mol. The van der Waals surface area contributed by atoms with Crippen molar-refractivity contribution in [3.63, 3.8) is 0 Å². The molecule has 18 heteroatoms. The molecule has 4 atom stereocenters. The van der Waals surface area contributed by atoms with Crippen LogP contribution in [0, 0.1) is 0 Å². The van der Waals surface area contributed by atoms with E-state index in [9.17, 15) is 21.4 Å². The molecular formula is C14H24N6O10S2. The van der Waals surface area contributed by atoms with Crippen LogP contribution in [0.5, 0.6) is 0 Å². The molecule has 0 radical (unpaired) electrons. The highest BCUT2D eigenvalue weighted by atomic mass is 32.3. The van der Waals surface area contributed by atoms with Gasteiger partial charge in [-0.1, -0.05) is 5.21 Å². The topological polar surface area (TPSA) is 204 Å². The maximum absolute atomic E-state index is 11.4. The number of aromatic nitrogens is 3. The first-order valence-electron chi connectivity index (χ1n) is 9.36. The Morgan fingerprint density at radius 1 is 1.25 bits per heavy atom. The fraction of sp³-hybridized carbons (Fsp3) is 0.714. The number of aryl methyl sites for hydroxylation is 1. The smallest absolute Gasteiger partial charge is 0.346 e. The molecule has 2 aliphatic heterocycles. The van der Waals surface area contributed by atoms with E-state index in [2.05, 4.69) is 29.6 Å². The van der Waals surface area contributed by atoms with Gasteiger partial charge in [-0.15, -0.1) is 10.6 Å². The van der Waals surface area contributed by atoms with Gasteiger partial charge in [0.05, 0.1) is 19.3 Å². The lowest BCUT2D eigenvalue weighted by Crippen LogP contribution is -2.56. The van der Waals surface area contributed by atoms with Crippen LogP contribution in [0.2, 0.25) is 0 Å². The molecule has 1 aromatic heterocycles. The van der Waals surface area contributed by atoms with Crippen molar-refractivity contribution in [3.8, 4) is 0 Å². The van der Waals surface area contributed by atoms with Gasteiger partial charge < -0.3 is 14.9 Å². The van der Waals surface area contributed by atoms with Crippen LogP contribution in [0.1, 0.15) is 26.0 Å². The lowest BCUT2D eigenvalue weighted by atomic mass is 10.0. The van der Waals surface area contributed by atoms with Gasteiger partial charge in [0.2, 0.25) is 0 Å². The molecule has 1 aromatic rings. The van der Waals surface area contributed by atoms with Crippen LogP contribution < -0.4 is 11.0 Å². The van der Waals surface area contributed by atoms with Crippen molar-refractivity contribution >= 4 is 20.8 Å². The number of hydrogen-bond acceptors (Lipinski definition) is 13. The van der Waals surface area contributed by atoms with Gasteiger partial charge >= 0.3 is 20.8 Å². The van der Waals surface area contributed by atoms with Gasteiger partial charge in [-0.25, -0.2) is 8.37 Å². The third-order valence-corrected chi connectivity index (χ3v) is 5.37. The summed E-state index contributed by atoms with van der Waals surface area (Å²) in [5, 5.41) is 9.26. The fourth-order valence-corrected chi connectivity index (χ4v) is 4.18. The number of nitrogens with one attached hydrogen (secondary N) is 2. The Balaban J connectivity index is 1.80. The van der Waals surface area contributed by atoms with Gasteiger partial charge in [-0.2, -0.15) is 16.8 Å². The molecule has 32 heavy (non-hydrogen) atoms. The standard InChI is InChI=1S/C14H24N6O10S2/c1-3-19-6-10(16-18-19)8-27-13-4-11(29-31(21,22)23)14(30-32(24,25)26)12(28-13)7-20-5-9(2)15-17-20/h5-6,11-15,17H,3-4,7-8H2,1-2H3,(H,21,22,23)(H,24,25,26)/t11-,12-,13+,14+/m1/s1. The largest absolute Gasteiger partial charge is 0.397 e. The summed E-state index contributed by atoms with van der Waals surface area (Å²) in [6, 6.07) is 0. The molecule has 0 bridgehead atoms. The van der Waals surface area contributed by atoms with Crippen molar-refractivity contribution in [2.75, 3.05) is 6.54 Å². The lowest BCUT2D eigenvalue weighted by Gasteiger charge is -2.40. The average Bonchev–Trinajstić information content (AvgIpc) is 3.29. The van der Waals surface area contributed by atoms with Gasteiger partial charge in [0.25, 0.3) is 0 Å². The van der Waals surface area contributed by atoms with Gasteiger partial charge in [0.15, 0.2) is 6.29 Å². The second-order valence-corrected chi connectivity index (χ2v) is 9.06. The Bertz CT molecular complexity index is 1030. The first-order valence-corrected chi connectivity index (χ1v) is 12.1. The van der Waals surface area contributed by atoms with Gasteiger partial charge in [-0.05, 0) is 13.8 Å². The Kier molecular flexibility index (Phi) is 7.68. The molecule has 0 spiro atoms. The Hall–Kier alpha value is -1.90. The summed E-state index contributed by atoms with van der Waals surface area (Å²) in [6.07, 6.45) is -2.57. The van der Waals surface area contributed by atoms with E-state index in [1.54, 1.807) is 24.0 Å². The molecule has 0 unspecified atom stereocenters. The highest BCUT2D eigenvalue weighted by Crippen LogP contribution is 2.29. The summed E-state index contributed by atoms with van der Waals surface area (Å²) in [7, 11) is -10.0. The maximum Gasteiger partial charge on any atom is 0.397 e. The van der Waals surface area contributed by atoms with E-state index in [4.69, 9.17) is 14.0 Å². The molecule has 0 amide bonds. The molecule has 3 heterocycles. The summed E-state index contributed by atoms with van der Waals surface area (Å²) in [4.78, 5) is 0. The molecule has 182 valence electrons. The van der Waals surface area contributed by atoms with Crippen molar-refractivity contribution in [2.45, 2.75) is 58.0 Å². The van der Waals surface area contributed by atoms with Crippen LogP contribution in [0.4, 0.5) is 0 Å². The third-order valence-electron chi connectivity index (χ3n) is 4.41. The highest BCUT2D eigenvalue weighted by molar-refractivity contribution is 7.81. The normalized spacial score (nSPS) is 26.8. The van der Waals surface area contributed by atoms with Crippen LogP contribution in [0.15, 0.2) is 18.1 Å². The van der Waals surface area contributed by atoms with Crippen molar-refractivity contribution < 1.29 is 43.8 Å². The first kappa shape index (κ1) is 24.7. The number of allylic oxidation sites excluding steroid dienone is 1. The Labute approximate surface area is 184 Å². The molecule has 4 N–H and O–H groups in total. The molecule has 2 aliphatic rings. The molecule has 16 nitrogen and oxygen atoms in total. The minimum atomic E-state index is -5.03. The number of nitrogens with zero attached hydrogens (tertiary/aromatic N) is 4. The van der Waals surface area contributed by atoms with Crippen LogP contribution in [0.3, 0.4) is 0 Å². The summed E-state index contributed by atoms with van der Waals surface area (Å²) < 4.78 is 86.0. The first-order chi connectivity index (χ1) is 14.9. The highest BCUT2D eigenvalue weighted by Gasteiger charge is 2.46. The van der Waals surface area contributed by atoms with Crippen LogP contribution in [0.25, 0.3) is 0 Å². The van der Waals surface area contributed by atoms with E-state index in [1.165, 1.54) is 5.01 Å². The number of ether oxygens (including phenoxy) is 2. The minimum Gasteiger partial charge on any atom is -0.346 e. The molecule has 0 saturated carbocycles. The number of hydrazine groups is 2. The Morgan fingerprint density at radius 2 is 1.97 bits per heavy atom. The predicted molar refractivity (Wildman–Crippen MR) is 103 cm³/mol. The van der Waals surface area contributed by atoms with Crippen LogP contribution in [-0.4, -0.2) is 77.1 Å². The van der Waals surface area contributed by atoms with E-state index >= 15 is 0 Å². The van der Waals surface area contributed by atoms with E-state index in [1.807, 2.05) is 6.92 Å². The second kappa shape index (κ2) is 9.93. The zero-order valence-corrected chi connectivity index (χ0v) is 18.7. The minimum absolute atomic E-state index is 0.0532.